The van der Waals surface area contributed by atoms with E-state index in [0.29, 0.717) is 6.54 Å². The van der Waals surface area contributed by atoms with Gasteiger partial charge >= 0.3 is 0 Å². The standard InChI is InChI=1S/C12H18N2O2/c1-6-14-11(16)9(8(2)15)7-10(13-14)12(3,4)5/h7H,6H2,1-5H3. The molecule has 16 heavy (non-hydrogen) atoms. The van der Waals surface area contributed by atoms with E-state index in [1.54, 1.807) is 6.07 Å². The lowest BCUT2D eigenvalue weighted by atomic mass is 9.91. The number of hydrogen-bond acceptors (Lipinski definition) is 3. The molecule has 0 aromatic carbocycles. The molecule has 1 aromatic rings. The zero-order valence-corrected chi connectivity index (χ0v) is 10.5. The maximum absolute atomic E-state index is 11.8. The average molecular weight is 222 g/mol. The summed E-state index contributed by atoms with van der Waals surface area (Å²) < 4.78 is 1.34. The number of rotatable bonds is 2. The van der Waals surface area contributed by atoms with Gasteiger partial charge in [0.2, 0.25) is 0 Å². The maximum atomic E-state index is 11.8. The van der Waals surface area contributed by atoms with Crippen LogP contribution in [0.2, 0.25) is 0 Å². The van der Waals surface area contributed by atoms with Crippen molar-refractivity contribution in [3.05, 3.63) is 27.7 Å². The molecule has 0 spiro atoms. The number of Topliss-reactive ketones (excluding diaryl/α,β-unsaturated/α-hetero) is 1. The Morgan fingerprint density at radius 3 is 2.38 bits per heavy atom. The van der Waals surface area contributed by atoms with Crippen molar-refractivity contribution in [1.29, 1.82) is 0 Å². The van der Waals surface area contributed by atoms with E-state index < -0.39 is 0 Å². The van der Waals surface area contributed by atoms with E-state index in [4.69, 9.17) is 0 Å². The average Bonchev–Trinajstić information content (AvgIpc) is 2.15. The fraction of sp³-hybridized carbons (Fsp3) is 0.583. The Bertz CT molecular complexity index is 467. The van der Waals surface area contributed by atoms with Crippen LogP contribution < -0.4 is 5.56 Å². The van der Waals surface area contributed by atoms with Crippen molar-refractivity contribution in [1.82, 2.24) is 9.78 Å². The Balaban J connectivity index is 3.53. The van der Waals surface area contributed by atoms with E-state index in [9.17, 15) is 9.59 Å². The summed E-state index contributed by atoms with van der Waals surface area (Å²) in [6, 6.07) is 1.61. The molecule has 0 saturated carbocycles. The van der Waals surface area contributed by atoms with Crippen LogP contribution in [-0.2, 0) is 12.0 Å². The molecule has 0 aliphatic carbocycles. The third-order valence-electron chi connectivity index (χ3n) is 2.42. The van der Waals surface area contributed by atoms with E-state index in [0.717, 1.165) is 5.69 Å². The van der Waals surface area contributed by atoms with Crippen LogP contribution in [0.5, 0.6) is 0 Å². The summed E-state index contributed by atoms with van der Waals surface area (Å²) >= 11 is 0. The van der Waals surface area contributed by atoms with Crippen molar-refractivity contribution in [3.8, 4) is 0 Å². The second-order valence-corrected chi connectivity index (χ2v) is 4.87. The third kappa shape index (κ3) is 2.38. The number of aromatic nitrogens is 2. The highest BCUT2D eigenvalue weighted by Crippen LogP contribution is 2.19. The van der Waals surface area contributed by atoms with Gasteiger partial charge in [-0.25, -0.2) is 4.68 Å². The van der Waals surface area contributed by atoms with E-state index in [1.165, 1.54) is 11.6 Å². The first-order valence-corrected chi connectivity index (χ1v) is 5.41. The highest BCUT2D eigenvalue weighted by atomic mass is 16.1. The Kier molecular flexibility index (Phi) is 3.31. The minimum absolute atomic E-state index is 0.172. The summed E-state index contributed by atoms with van der Waals surface area (Å²) in [6.45, 7) is 9.73. The van der Waals surface area contributed by atoms with Crippen molar-refractivity contribution < 1.29 is 4.79 Å². The number of ketones is 1. The number of carbonyl (C=O) groups is 1. The minimum Gasteiger partial charge on any atom is -0.294 e. The predicted molar refractivity (Wildman–Crippen MR) is 62.9 cm³/mol. The van der Waals surface area contributed by atoms with Gasteiger partial charge in [0.1, 0.15) is 0 Å². The molecule has 0 amide bonds. The quantitative estimate of drug-likeness (QED) is 0.716. The van der Waals surface area contributed by atoms with Gasteiger partial charge in [0.15, 0.2) is 5.78 Å². The molecule has 0 saturated heterocycles. The SMILES string of the molecule is CCn1nc(C(C)(C)C)cc(C(C)=O)c1=O. The first kappa shape index (κ1) is 12.6. The van der Waals surface area contributed by atoms with Crippen molar-refractivity contribution in [3.63, 3.8) is 0 Å². The fourth-order valence-electron chi connectivity index (χ4n) is 1.37. The molecule has 0 bridgehead atoms. The largest absolute Gasteiger partial charge is 0.294 e. The monoisotopic (exact) mass is 222 g/mol. The predicted octanol–water partition coefficient (Wildman–Crippen LogP) is 1.76. The Morgan fingerprint density at radius 2 is 2.00 bits per heavy atom. The molecule has 88 valence electrons. The van der Waals surface area contributed by atoms with Gasteiger partial charge in [-0.05, 0) is 19.9 Å². The van der Waals surface area contributed by atoms with Crippen LogP contribution in [0, 0.1) is 0 Å². The topological polar surface area (TPSA) is 52.0 Å². The highest BCUT2D eigenvalue weighted by molar-refractivity contribution is 5.93. The second-order valence-electron chi connectivity index (χ2n) is 4.87. The fourth-order valence-corrected chi connectivity index (χ4v) is 1.37. The third-order valence-corrected chi connectivity index (χ3v) is 2.42. The number of aryl methyl sites for hydroxylation is 1. The zero-order chi connectivity index (χ0) is 12.5. The van der Waals surface area contributed by atoms with Crippen molar-refractivity contribution in [2.45, 2.75) is 46.6 Å². The van der Waals surface area contributed by atoms with Crippen LogP contribution in [0.15, 0.2) is 10.9 Å². The molecule has 0 N–H and O–H groups in total. The molecule has 0 radical (unpaired) electrons. The normalized spacial score (nSPS) is 11.6. The van der Waals surface area contributed by atoms with Crippen molar-refractivity contribution in [2.24, 2.45) is 0 Å². The van der Waals surface area contributed by atoms with Gasteiger partial charge in [-0.1, -0.05) is 20.8 Å². The first-order valence-electron chi connectivity index (χ1n) is 5.41. The molecule has 4 nitrogen and oxygen atoms in total. The molecule has 0 atom stereocenters. The summed E-state index contributed by atoms with van der Waals surface area (Å²) in [7, 11) is 0. The van der Waals surface area contributed by atoms with Gasteiger partial charge in [-0.15, -0.1) is 0 Å². The van der Waals surface area contributed by atoms with E-state index >= 15 is 0 Å². The summed E-state index contributed by atoms with van der Waals surface area (Å²) in [6.07, 6.45) is 0. The Hall–Kier alpha value is -1.45. The Labute approximate surface area is 95.3 Å². The molecule has 1 aromatic heterocycles. The lowest BCUT2D eigenvalue weighted by Gasteiger charge is -2.19. The van der Waals surface area contributed by atoms with Crippen molar-refractivity contribution >= 4 is 5.78 Å². The molecular formula is C12H18N2O2. The molecule has 0 aliphatic heterocycles. The number of nitrogens with zero attached hydrogens (tertiary/aromatic N) is 2. The van der Waals surface area contributed by atoms with Crippen LogP contribution in [0.25, 0.3) is 0 Å². The van der Waals surface area contributed by atoms with Crippen LogP contribution >= 0.6 is 0 Å². The molecule has 1 heterocycles. The van der Waals surface area contributed by atoms with Gasteiger partial charge in [-0.2, -0.15) is 5.10 Å². The Morgan fingerprint density at radius 1 is 1.44 bits per heavy atom. The van der Waals surface area contributed by atoms with Gasteiger partial charge in [-0.3, -0.25) is 9.59 Å². The van der Waals surface area contributed by atoms with Crippen molar-refractivity contribution in [2.75, 3.05) is 0 Å². The summed E-state index contributed by atoms with van der Waals surface area (Å²) in [4.78, 5) is 23.2. The summed E-state index contributed by atoms with van der Waals surface area (Å²) in [5, 5.41) is 4.26. The lowest BCUT2D eigenvalue weighted by molar-refractivity contribution is 0.101. The number of hydrogen-bond donors (Lipinski definition) is 0. The van der Waals surface area contributed by atoms with Gasteiger partial charge in [0, 0.05) is 12.0 Å². The van der Waals surface area contributed by atoms with E-state index in [-0.39, 0.29) is 22.3 Å². The number of carbonyl (C=O) groups excluding carboxylic acids is 1. The lowest BCUT2D eigenvalue weighted by Crippen LogP contribution is -2.31. The highest BCUT2D eigenvalue weighted by Gasteiger charge is 2.20. The maximum Gasteiger partial charge on any atom is 0.277 e. The minimum atomic E-state index is -0.303. The summed E-state index contributed by atoms with van der Waals surface area (Å²) in [5.41, 5.74) is 0.512. The van der Waals surface area contributed by atoms with E-state index in [2.05, 4.69) is 5.10 Å². The van der Waals surface area contributed by atoms with Crippen LogP contribution in [0.1, 0.15) is 50.7 Å². The smallest absolute Gasteiger partial charge is 0.277 e. The van der Waals surface area contributed by atoms with Gasteiger partial charge in [0.25, 0.3) is 5.56 Å². The molecule has 0 fully saturated rings. The summed E-state index contributed by atoms with van der Waals surface area (Å²) in [5.74, 6) is -0.208. The first-order chi connectivity index (χ1) is 7.27. The zero-order valence-electron chi connectivity index (χ0n) is 10.5. The molecular weight excluding hydrogens is 204 g/mol. The molecule has 4 heteroatoms. The van der Waals surface area contributed by atoms with Gasteiger partial charge in [0.05, 0.1) is 11.3 Å². The van der Waals surface area contributed by atoms with Crippen LogP contribution in [-0.4, -0.2) is 15.6 Å². The van der Waals surface area contributed by atoms with Crippen LogP contribution in [0.4, 0.5) is 0 Å². The molecule has 1 rings (SSSR count). The molecule has 0 aliphatic rings. The van der Waals surface area contributed by atoms with Gasteiger partial charge < -0.3 is 0 Å². The second kappa shape index (κ2) is 4.20. The van der Waals surface area contributed by atoms with E-state index in [1.807, 2.05) is 27.7 Å². The van der Waals surface area contributed by atoms with Crippen LogP contribution in [0.3, 0.4) is 0 Å². The molecule has 0 unspecified atom stereocenters.